The maximum Gasteiger partial charge on any atom is 0.255 e. The van der Waals surface area contributed by atoms with Crippen LogP contribution >= 0.6 is 0 Å². The number of carbonyl (C=O) groups is 2. The Morgan fingerprint density at radius 2 is 2.17 bits per heavy atom. The van der Waals surface area contributed by atoms with Crippen molar-refractivity contribution in [3.63, 3.8) is 0 Å². The molecule has 0 radical (unpaired) electrons. The second kappa shape index (κ2) is 7.23. The number of carbonyl (C=O) groups excluding carboxylic acids is 2. The Hall–Kier alpha value is -2.15. The first kappa shape index (κ1) is 13.9. The summed E-state index contributed by atoms with van der Waals surface area (Å²) in [6.07, 6.45) is 2.36. The summed E-state index contributed by atoms with van der Waals surface area (Å²) >= 11 is 0. The third kappa shape index (κ3) is 4.02. The maximum absolute atomic E-state index is 11.8. The van der Waals surface area contributed by atoms with E-state index in [4.69, 9.17) is 5.84 Å². The molecule has 7 heteroatoms. The van der Waals surface area contributed by atoms with E-state index in [1.807, 2.05) is 6.92 Å². The van der Waals surface area contributed by atoms with E-state index in [0.29, 0.717) is 12.1 Å². The van der Waals surface area contributed by atoms with Gasteiger partial charge in [0.25, 0.3) is 5.91 Å². The molecule has 2 amide bonds. The van der Waals surface area contributed by atoms with Crippen LogP contribution in [0.25, 0.3) is 0 Å². The van der Waals surface area contributed by atoms with Gasteiger partial charge in [0.15, 0.2) is 5.82 Å². The van der Waals surface area contributed by atoms with Gasteiger partial charge in [-0.15, -0.1) is 0 Å². The van der Waals surface area contributed by atoms with Crippen LogP contribution in [0.3, 0.4) is 0 Å². The van der Waals surface area contributed by atoms with E-state index < -0.39 is 5.91 Å². The quantitative estimate of drug-likeness (QED) is 0.407. The Morgan fingerprint density at radius 1 is 1.39 bits per heavy atom. The standard InChI is InChI=1S/C11H17N5O2/c1-2-5-13-9(17)7-15-11(18)8-4-3-6-14-10(8)16-12/h3-4,6H,2,5,7,12H2,1H3,(H,13,17)(H,14,16)(H,15,18). The zero-order valence-electron chi connectivity index (χ0n) is 10.2. The van der Waals surface area contributed by atoms with Gasteiger partial charge >= 0.3 is 0 Å². The fourth-order valence-electron chi connectivity index (χ4n) is 1.29. The molecule has 0 atom stereocenters. The molecule has 0 spiro atoms. The number of hydrazine groups is 1. The van der Waals surface area contributed by atoms with Crippen LogP contribution in [0.1, 0.15) is 23.7 Å². The number of nitrogens with two attached hydrogens (primary N) is 1. The third-order valence-corrected chi connectivity index (χ3v) is 2.17. The normalized spacial score (nSPS) is 9.67. The highest BCUT2D eigenvalue weighted by atomic mass is 16.2. The van der Waals surface area contributed by atoms with Gasteiger partial charge in [-0.05, 0) is 18.6 Å². The predicted octanol–water partition coefficient (Wildman–Crippen LogP) is -0.377. The minimum atomic E-state index is -0.400. The van der Waals surface area contributed by atoms with Crippen LogP contribution in [-0.2, 0) is 4.79 Å². The molecule has 0 aliphatic heterocycles. The average molecular weight is 251 g/mol. The van der Waals surface area contributed by atoms with Crippen LogP contribution in [0.2, 0.25) is 0 Å². The molecule has 1 aromatic rings. The summed E-state index contributed by atoms with van der Waals surface area (Å²) < 4.78 is 0. The lowest BCUT2D eigenvalue weighted by Gasteiger charge is -2.08. The fraction of sp³-hybridized carbons (Fsp3) is 0.364. The smallest absolute Gasteiger partial charge is 0.255 e. The number of amides is 2. The summed E-state index contributed by atoms with van der Waals surface area (Å²) in [5.41, 5.74) is 2.62. The van der Waals surface area contributed by atoms with Gasteiger partial charge in [0.1, 0.15) is 0 Å². The Bertz CT molecular complexity index is 422. The number of anilines is 1. The molecule has 0 aliphatic rings. The van der Waals surface area contributed by atoms with Gasteiger partial charge in [0, 0.05) is 12.7 Å². The molecule has 0 aliphatic carbocycles. The van der Waals surface area contributed by atoms with Crippen molar-refractivity contribution >= 4 is 17.6 Å². The van der Waals surface area contributed by atoms with E-state index in [1.54, 1.807) is 12.1 Å². The molecule has 7 nitrogen and oxygen atoms in total. The van der Waals surface area contributed by atoms with Gasteiger partial charge in [0.2, 0.25) is 5.91 Å². The van der Waals surface area contributed by atoms with E-state index in [9.17, 15) is 9.59 Å². The van der Waals surface area contributed by atoms with Crippen LogP contribution in [0, 0.1) is 0 Å². The van der Waals surface area contributed by atoms with Crippen molar-refractivity contribution in [3.05, 3.63) is 23.9 Å². The van der Waals surface area contributed by atoms with Crippen LogP contribution in [-0.4, -0.2) is 29.9 Å². The fourth-order valence-corrected chi connectivity index (χ4v) is 1.29. The summed E-state index contributed by atoms with van der Waals surface area (Å²) in [6, 6.07) is 3.19. The third-order valence-electron chi connectivity index (χ3n) is 2.17. The lowest BCUT2D eigenvalue weighted by atomic mass is 10.2. The molecule has 0 unspecified atom stereocenters. The molecule has 1 aromatic heterocycles. The van der Waals surface area contributed by atoms with Crippen LogP contribution in [0.4, 0.5) is 5.82 Å². The Balaban J connectivity index is 2.52. The number of nitrogens with zero attached hydrogens (tertiary/aromatic N) is 1. The number of hydrogen-bond acceptors (Lipinski definition) is 5. The molecule has 0 aromatic carbocycles. The topological polar surface area (TPSA) is 109 Å². The molecule has 18 heavy (non-hydrogen) atoms. The van der Waals surface area contributed by atoms with Crippen molar-refractivity contribution in [2.24, 2.45) is 5.84 Å². The first-order valence-electron chi connectivity index (χ1n) is 5.65. The van der Waals surface area contributed by atoms with Crippen LogP contribution < -0.4 is 21.9 Å². The van der Waals surface area contributed by atoms with Crippen molar-refractivity contribution in [1.29, 1.82) is 0 Å². The van der Waals surface area contributed by atoms with Crippen molar-refractivity contribution in [2.45, 2.75) is 13.3 Å². The predicted molar refractivity (Wildman–Crippen MR) is 67.7 cm³/mol. The number of rotatable bonds is 6. The highest BCUT2D eigenvalue weighted by molar-refractivity contribution is 6.00. The lowest BCUT2D eigenvalue weighted by Crippen LogP contribution is -2.37. The number of nitrogen functional groups attached to an aromatic ring is 1. The van der Waals surface area contributed by atoms with Gasteiger partial charge in [-0.1, -0.05) is 6.92 Å². The van der Waals surface area contributed by atoms with E-state index in [1.165, 1.54) is 6.20 Å². The minimum absolute atomic E-state index is 0.0717. The zero-order valence-corrected chi connectivity index (χ0v) is 10.2. The molecule has 98 valence electrons. The molecule has 1 rings (SSSR count). The van der Waals surface area contributed by atoms with Gasteiger partial charge < -0.3 is 16.1 Å². The van der Waals surface area contributed by atoms with E-state index in [-0.39, 0.29) is 18.3 Å². The SMILES string of the molecule is CCCNC(=O)CNC(=O)c1cccnc1NN. The average Bonchev–Trinajstić information content (AvgIpc) is 2.42. The Kier molecular flexibility index (Phi) is 5.59. The van der Waals surface area contributed by atoms with E-state index >= 15 is 0 Å². The highest BCUT2D eigenvalue weighted by Gasteiger charge is 2.12. The second-order valence-electron chi connectivity index (χ2n) is 3.58. The Morgan fingerprint density at radius 3 is 2.83 bits per heavy atom. The molecule has 1 heterocycles. The molecule has 5 N–H and O–H groups in total. The molecule has 0 bridgehead atoms. The number of nitrogens with one attached hydrogen (secondary N) is 3. The lowest BCUT2D eigenvalue weighted by molar-refractivity contribution is -0.120. The molecule has 0 fully saturated rings. The van der Waals surface area contributed by atoms with Gasteiger partial charge in [-0.2, -0.15) is 0 Å². The molecule has 0 saturated heterocycles. The van der Waals surface area contributed by atoms with Crippen molar-refractivity contribution < 1.29 is 9.59 Å². The van der Waals surface area contributed by atoms with E-state index in [2.05, 4.69) is 21.0 Å². The number of hydrogen-bond donors (Lipinski definition) is 4. The molecular weight excluding hydrogens is 234 g/mol. The van der Waals surface area contributed by atoms with Crippen molar-refractivity contribution in [2.75, 3.05) is 18.5 Å². The first-order chi connectivity index (χ1) is 8.69. The summed E-state index contributed by atoms with van der Waals surface area (Å²) in [5.74, 6) is 4.88. The monoisotopic (exact) mass is 251 g/mol. The van der Waals surface area contributed by atoms with Crippen molar-refractivity contribution in [1.82, 2.24) is 15.6 Å². The van der Waals surface area contributed by atoms with Crippen molar-refractivity contribution in [3.8, 4) is 0 Å². The van der Waals surface area contributed by atoms with Crippen LogP contribution in [0.15, 0.2) is 18.3 Å². The molecular formula is C11H17N5O2. The summed E-state index contributed by atoms with van der Waals surface area (Å²) in [7, 11) is 0. The highest BCUT2D eigenvalue weighted by Crippen LogP contribution is 2.08. The zero-order chi connectivity index (χ0) is 13.4. The summed E-state index contributed by atoms with van der Waals surface area (Å²) in [4.78, 5) is 27.0. The number of aromatic nitrogens is 1. The molecule has 0 saturated carbocycles. The Labute approximate surface area is 105 Å². The number of pyridine rings is 1. The summed E-state index contributed by atoms with van der Waals surface area (Å²) in [5, 5.41) is 5.15. The minimum Gasteiger partial charge on any atom is -0.355 e. The van der Waals surface area contributed by atoms with Crippen LogP contribution in [0.5, 0.6) is 0 Å². The maximum atomic E-state index is 11.8. The first-order valence-corrected chi connectivity index (χ1v) is 5.65. The van der Waals surface area contributed by atoms with E-state index in [0.717, 1.165) is 6.42 Å². The summed E-state index contributed by atoms with van der Waals surface area (Å²) in [6.45, 7) is 2.47. The second-order valence-corrected chi connectivity index (χ2v) is 3.58. The largest absolute Gasteiger partial charge is 0.355 e. The van der Waals surface area contributed by atoms with Gasteiger partial charge in [-0.25, -0.2) is 10.8 Å². The van der Waals surface area contributed by atoms with Gasteiger partial charge in [-0.3, -0.25) is 9.59 Å². The van der Waals surface area contributed by atoms with Gasteiger partial charge in [0.05, 0.1) is 12.1 Å².